The Hall–Kier alpha value is -1.29. The fourth-order valence-corrected chi connectivity index (χ4v) is 2.20. The van der Waals surface area contributed by atoms with Crippen LogP contribution in [-0.2, 0) is 0 Å². The number of rotatable bonds is 3. The zero-order chi connectivity index (χ0) is 11.5. The van der Waals surface area contributed by atoms with Gasteiger partial charge in [-0.15, -0.1) is 0 Å². The van der Waals surface area contributed by atoms with E-state index in [1.807, 2.05) is 0 Å². The van der Waals surface area contributed by atoms with Crippen molar-refractivity contribution in [2.45, 2.75) is 12.3 Å². The van der Waals surface area contributed by atoms with Gasteiger partial charge in [-0.05, 0) is 19.0 Å². The van der Waals surface area contributed by atoms with Crippen LogP contribution >= 0.6 is 0 Å². The van der Waals surface area contributed by atoms with Crippen LogP contribution in [0, 0.1) is 5.82 Å². The Morgan fingerprint density at radius 3 is 2.56 bits per heavy atom. The zero-order valence-corrected chi connectivity index (χ0v) is 9.55. The number of benzene rings is 1. The first kappa shape index (κ1) is 11.2. The summed E-state index contributed by atoms with van der Waals surface area (Å²) < 4.78 is 23.8. The first-order valence-electron chi connectivity index (χ1n) is 5.39. The Morgan fingerprint density at radius 2 is 2.00 bits per heavy atom. The standard InChI is InChI=1S/C12H16FNO2/c1-15-11-9(8-5-6-14-7-8)3-4-10(13)12(11)16-2/h3-4,8,14H,5-7H2,1-2H3. The molecule has 1 saturated heterocycles. The predicted molar refractivity (Wildman–Crippen MR) is 59.7 cm³/mol. The van der Waals surface area contributed by atoms with Crippen molar-refractivity contribution in [3.63, 3.8) is 0 Å². The first-order valence-corrected chi connectivity index (χ1v) is 5.39. The van der Waals surface area contributed by atoms with Crippen LogP contribution in [0.3, 0.4) is 0 Å². The summed E-state index contributed by atoms with van der Waals surface area (Å²) >= 11 is 0. The first-order chi connectivity index (χ1) is 7.77. The average molecular weight is 225 g/mol. The van der Waals surface area contributed by atoms with Gasteiger partial charge in [0.05, 0.1) is 14.2 Å². The second-order valence-electron chi connectivity index (χ2n) is 3.89. The number of hydrogen-bond donors (Lipinski definition) is 1. The van der Waals surface area contributed by atoms with E-state index in [-0.39, 0.29) is 11.6 Å². The number of ether oxygens (including phenoxy) is 2. The molecule has 0 bridgehead atoms. The molecule has 3 nitrogen and oxygen atoms in total. The number of methoxy groups -OCH3 is 2. The quantitative estimate of drug-likeness (QED) is 0.852. The van der Waals surface area contributed by atoms with Crippen LogP contribution in [0.25, 0.3) is 0 Å². The monoisotopic (exact) mass is 225 g/mol. The fourth-order valence-electron chi connectivity index (χ4n) is 2.20. The van der Waals surface area contributed by atoms with Crippen molar-refractivity contribution in [1.29, 1.82) is 0 Å². The molecule has 1 N–H and O–H groups in total. The normalized spacial score (nSPS) is 19.8. The van der Waals surface area contributed by atoms with E-state index in [4.69, 9.17) is 9.47 Å². The van der Waals surface area contributed by atoms with Crippen LogP contribution < -0.4 is 14.8 Å². The third kappa shape index (κ3) is 1.85. The minimum Gasteiger partial charge on any atom is -0.492 e. The summed E-state index contributed by atoms with van der Waals surface area (Å²) in [5.74, 6) is 0.724. The molecule has 1 aliphatic rings. The summed E-state index contributed by atoms with van der Waals surface area (Å²) in [6, 6.07) is 3.23. The van der Waals surface area contributed by atoms with Crippen molar-refractivity contribution in [1.82, 2.24) is 5.32 Å². The Kier molecular flexibility index (Phi) is 3.29. The van der Waals surface area contributed by atoms with Gasteiger partial charge >= 0.3 is 0 Å². The van der Waals surface area contributed by atoms with Gasteiger partial charge in [0, 0.05) is 18.0 Å². The van der Waals surface area contributed by atoms with Crippen LogP contribution in [0.15, 0.2) is 12.1 Å². The molecule has 0 saturated carbocycles. The van der Waals surface area contributed by atoms with E-state index in [0.717, 1.165) is 25.1 Å². The molecule has 0 amide bonds. The van der Waals surface area contributed by atoms with Gasteiger partial charge in [-0.1, -0.05) is 6.07 Å². The molecular formula is C12H16FNO2. The average Bonchev–Trinajstić information content (AvgIpc) is 2.81. The maximum absolute atomic E-state index is 13.5. The van der Waals surface area contributed by atoms with E-state index in [1.165, 1.54) is 13.2 Å². The summed E-state index contributed by atoms with van der Waals surface area (Å²) in [6.07, 6.45) is 1.05. The molecule has 1 atom stereocenters. The van der Waals surface area contributed by atoms with E-state index in [0.29, 0.717) is 11.7 Å². The lowest BCUT2D eigenvalue weighted by atomic mass is 9.97. The molecule has 0 spiro atoms. The summed E-state index contributed by atoms with van der Waals surface area (Å²) in [4.78, 5) is 0. The molecule has 4 heteroatoms. The molecule has 0 aromatic heterocycles. The van der Waals surface area contributed by atoms with Gasteiger partial charge in [0.25, 0.3) is 0 Å². The van der Waals surface area contributed by atoms with Crippen LogP contribution in [0.1, 0.15) is 17.9 Å². The van der Waals surface area contributed by atoms with Crippen molar-refractivity contribution in [3.05, 3.63) is 23.5 Å². The van der Waals surface area contributed by atoms with Gasteiger partial charge in [-0.3, -0.25) is 0 Å². The number of nitrogens with one attached hydrogen (secondary N) is 1. The minimum atomic E-state index is -0.381. The van der Waals surface area contributed by atoms with E-state index < -0.39 is 0 Å². The predicted octanol–water partition coefficient (Wildman–Crippen LogP) is 1.92. The molecule has 1 aliphatic heterocycles. The largest absolute Gasteiger partial charge is 0.492 e. The highest BCUT2D eigenvalue weighted by Gasteiger charge is 2.24. The van der Waals surface area contributed by atoms with Gasteiger partial charge in [0.2, 0.25) is 0 Å². The fraction of sp³-hybridized carbons (Fsp3) is 0.500. The Balaban J connectivity index is 2.43. The van der Waals surface area contributed by atoms with E-state index in [1.54, 1.807) is 13.2 Å². The molecule has 1 heterocycles. The Morgan fingerprint density at radius 1 is 1.25 bits per heavy atom. The summed E-state index contributed by atoms with van der Waals surface area (Å²) in [6.45, 7) is 1.90. The van der Waals surface area contributed by atoms with Crippen LogP contribution in [0.2, 0.25) is 0 Å². The molecule has 1 unspecified atom stereocenters. The maximum Gasteiger partial charge on any atom is 0.197 e. The van der Waals surface area contributed by atoms with Gasteiger partial charge in [0.15, 0.2) is 17.3 Å². The van der Waals surface area contributed by atoms with Crippen molar-refractivity contribution < 1.29 is 13.9 Å². The van der Waals surface area contributed by atoms with Gasteiger partial charge in [-0.2, -0.15) is 0 Å². The second-order valence-corrected chi connectivity index (χ2v) is 3.89. The van der Waals surface area contributed by atoms with E-state index in [2.05, 4.69) is 5.32 Å². The van der Waals surface area contributed by atoms with Gasteiger partial charge in [-0.25, -0.2) is 4.39 Å². The van der Waals surface area contributed by atoms with Crippen LogP contribution in [-0.4, -0.2) is 27.3 Å². The molecule has 88 valence electrons. The van der Waals surface area contributed by atoms with E-state index in [9.17, 15) is 4.39 Å². The van der Waals surface area contributed by atoms with Crippen molar-refractivity contribution in [2.24, 2.45) is 0 Å². The molecule has 16 heavy (non-hydrogen) atoms. The molecule has 1 aromatic rings. The number of hydrogen-bond acceptors (Lipinski definition) is 3. The third-order valence-corrected chi connectivity index (χ3v) is 3.00. The van der Waals surface area contributed by atoms with Gasteiger partial charge in [0.1, 0.15) is 0 Å². The van der Waals surface area contributed by atoms with Crippen LogP contribution in [0.4, 0.5) is 4.39 Å². The molecule has 0 radical (unpaired) electrons. The maximum atomic E-state index is 13.5. The lowest BCUT2D eigenvalue weighted by Gasteiger charge is -2.17. The van der Waals surface area contributed by atoms with Crippen LogP contribution in [0.5, 0.6) is 11.5 Å². The second kappa shape index (κ2) is 4.70. The molecule has 1 aromatic carbocycles. The summed E-state index contributed by atoms with van der Waals surface area (Å²) in [5.41, 5.74) is 1.02. The zero-order valence-electron chi connectivity index (χ0n) is 9.55. The highest BCUT2D eigenvalue weighted by atomic mass is 19.1. The highest BCUT2D eigenvalue weighted by Crippen LogP contribution is 2.39. The topological polar surface area (TPSA) is 30.5 Å². The lowest BCUT2D eigenvalue weighted by Crippen LogP contribution is -2.09. The van der Waals surface area contributed by atoms with E-state index >= 15 is 0 Å². The summed E-state index contributed by atoms with van der Waals surface area (Å²) in [5, 5.41) is 3.28. The SMILES string of the molecule is COc1c(F)ccc(C2CCNC2)c1OC. The Labute approximate surface area is 94.6 Å². The van der Waals surface area contributed by atoms with Gasteiger partial charge < -0.3 is 14.8 Å². The highest BCUT2D eigenvalue weighted by molar-refractivity contribution is 5.49. The summed E-state index contributed by atoms with van der Waals surface area (Å²) in [7, 11) is 3.00. The smallest absolute Gasteiger partial charge is 0.197 e. The molecule has 0 aliphatic carbocycles. The van der Waals surface area contributed by atoms with Crippen molar-refractivity contribution >= 4 is 0 Å². The molecular weight excluding hydrogens is 209 g/mol. The molecule has 2 rings (SSSR count). The lowest BCUT2D eigenvalue weighted by molar-refractivity contribution is 0.333. The number of halogens is 1. The minimum absolute atomic E-state index is 0.201. The Bertz CT molecular complexity index is 376. The van der Waals surface area contributed by atoms with Crippen molar-refractivity contribution in [2.75, 3.05) is 27.3 Å². The third-order valence-electron chi connectivity index (χ3n) is 3.00. The van der Waals surface area contributed by atoms with Crippen molar-refractivity contribution in [3.8, 4) is 11.5 Å². The molecule has 1 fully saturated rings.